The maximum Gasteiger partial charge on any atom is 0.407 e. The van der Waals surface area contributed by atoms with Crippen molar-refractivity contribution in [3.05, 3.63) is 23.8 Å². The number of carbonyl (C=O) groups is 2. The average Bonchev–Trinajstić information content (AvgIpc) is 3.00. The number of nitrogens with zero attached hydrogens (tertiary/aromatic N) is 1. The number of fused-ring (bicyclic) bond motifs is 1. The molecule has 0 radical (unpaired) electrons. The molecular weight excluding hydrogens is 324 g/mol. The van der Waals surface area contributed by atoms with E-state index in [9.17, 15) is 9.59 Å². The van der Waals surface area contributed by atoms with Crippen LogP contribution < -0.4 is 14.8 Å². The molecule has 0 saturated carbocycles. The Morgan fingerprint density at radius 2 is 2.00 bits per heavy atom. The Balaban J connectivity index is 1.63. The fraction of sp³-hybridized carbons (Fsp3) is 0.556. The van der Waals surface area contributed by atoms with Crippen LogP contribution in [0.2, 0.25) is 0 Å². The molecule has 2 aliphatic heterocycles. The van der Waals surface area contributed by atoms with Gasteiger partial charge in [0.05, 0.1) is 11.6 Å². The molecule has 0 bridgehead atoms. The first-order valence-electron chi connectivity index (χ1n) is 8.51. The summed E-state index contributed by atoms with van der Waals surface area (Å²) in [6.45, 7) is 7.38. The first-order chi connectivity index (χ1) is 11.8. The average molecular weight is 348 g/mol. The topological polar surface area (TPSA) is 77.1 Å². The second-order valence-electron chi connectivity index (χ2n) is 7.21. The van der Waals surface area contributed by atoms with Crippen molar-refractivity contribution in [2.75, 3.05) is 26.3 Å². The minimum atomic E-state index is -0.543. The van der Waals surface area contributed by atoms with E-state index in [2.05, 4.69) is 5.32 Å². The van der Waals surface area contributed by atoms with Crippen molar-refractivity contribution in [1.82, 2.24) is 10.2 Å². The molecule has 2 aliphatic rings. The molecule has 0 aliphatic carbocycles. The number of likely N-dealkylation sites (tertiary alicyclic amines) is 1. The van der Waals surface area contributed by atoms with Crippen LogP contribution in [0.4, 0.5) is 4.79 Å². The molecule has 0 spiro atoms. The number of rotatable bonds is 2. The highest BCUT2D eigenvalue weighted by molar-refractivity contribution is 5.98. The summed E-state index contributed by atoms with van der Waals surface area (Å²) in [5.41, 5.74) is -0.0475. The standard InChI is InChI=1S/C18H24N2O5/c1-18(2,3)25-17(22)19-12-7-8-20(11-12)16(21)13-5-4-6-14-15(13)24-10-9-23-14/h4-6,12H,7-11H2,1-3H3,(H,19,22). The number of alkyl carbamates (subject to hydrolysis) is 1. The van der Waals surface area contributed by atoms with E-state index in [1.807, 2.05) is 20.8 Å². The van der Waals surface area contributed by atoms with Gasteiger partial charge in [-0.15, -0.1) is 0 Å². The minimum absolute atomic E-state index is 0.115. The maximum atomic E-state index is 12.8. The number of para-hydroxylation sites is 1. The van der Waals surface area contributed by atoms with Gasteiger partial charge in [0.1, 0.15) is 18.8 Å². The Morgan fingerprint density at radius 3 is 2.76 bits per heavy atom. The molecule has 3 rings (SSSR count). The number of ether oxygens (including phenoxy) is 3. The summed E-state index contributed by atoms with van der Waals surface area (Å²) < 4.78 is 16.4. The fourth-order valence-electron chi connectivity index (χ4n) is 2.95. The molecule has 1 fully saturated rings. The highest BCUT2D eigenvalue weighted by Crippen LogP contribution is 2.34. The summed E-state index contributed by atoms with van der Waals surface area (Å²) in [4.78, 5) is 26.4. The molecule has 1 aromatic carbocycles. The second kappa shape index (κ2) is 6.82. The lowest BCUT2D eigenvalue weighted by Gasteiger charge is -2.24. The summed E-state index contributed by atoms with van der Waals surface area (Å²) >= 11 is 0. The third kappa shape index (κ3) is 4.15. The number of amides is 2. The van der Waals surface area contributed by atoms with Crippen molar-refractivity contribution >= 4 is 12.0 Å². The molecule has 1 saturated heterocycles. The van der Waals surface area contributed by atoms with E-state index < -0.39 is 11.7 Å². The van der Waals surface area contributed by atoms with Crippen LogP contribution in [0.3, 0.4) is 0 Å². The van der Waals surface area contributed by atoms with Gasteiger partial charge in [-0.3, -0.25) is 4.79 Å². The molecule has 2 amide bonds. The van der Waals surface area contributed by atoms with E-state index in [1.54, 1.807) is 23.1 Å². The lowest BCUT2D eigenvalue weighted by atomic mass is 10.1. The summed E-state index contributed by atoms with van der Waals surface area (Å²) in [5.74, 6) is 0.984. The van der Waals surface area contributed by atoms with Crippen LogP contribution >= 0.6 is 0 Å². The van der Waals surface area contributed by atoms with Crippen LogP contribution in [0, 0.1) is 0 Å². The third-order valence-corrected chi connectivity index (χ3v) is 3.99. The largest absolute Gasteiger partial charge is 0.486 e. The van der Waals surface area contributed by atoms with Crippen molar-refractivity contribution in [2.45, 2.75) is 38.8 Å². The zero-order valence-electron chi connectivity index (χ0n) is 14.8. The molecule has 1 unspecified atom stereocenters. The summed E-state index contributed by atoms with van der Waals surface area (Å²) in [6, 6.07) is 5.20. The van der Waals surface area contributed by atoms with Gasteiger partial charge in [0, 0.05) is 13.1 Å². The van der Waals surface area contributed by atoms with E-state index in [-0.39, 0.29) is 11.9 Å². The van der Waals surface area contributed by atoms with Gasteiger partial charge in [-0.05, 0) is 39.3 Å². The van der Waals surface area contributed by atoms with E-state index in [0.717, 1.165) is 0 Å². The fourth-order valence-corrected chi connectivity index (χ4v) is 2.95. The lowest BCUT2D eigenvalue weighted by molar-refractivity contribution is 0.0502. The minimum Gasteiger partial charge on any atom is -0.486 e. The number of hydrogen-bond donors (Lipinski definition) is 1. The summed E-state index contributed by atoms with van der Waals surface area (Å²) in [5, 5.41) is 2.82. The van der Waals surface area contributed by atoms with Crippen LogP contribution in [0.1, 0.15) is 37.6 Å². The van der Waals surface area contributed by atoms with E-state index in [4.69, 9.17) is 14.2 Å². The first kappa shape index (κ1) is 17.4. The predicted molar refractivity (Wildman–Crippen MR) is 91.1 cm³/mol. The second-order valence-corrected chi connectivity index (χ2v) is 7.21. The molecule has 1 atom stereocenters. The number of benzene rings is 1. The SMILES string of the molecule is CC(C)(C)OC(=O)NC1CCN(C(=O)c2cccc3c2OCCO3)C1. The molecule has 1 N–H and O–H groups in total. The Kier molecular flexibility index (Phi) is 4.74. The molecule has 136 valence electrons. The molecule has 25 heavy (non-hydrogen) atoms. The van der Waals surface area contributed by atoms with Gasteiger partial charge in [-0.25, -0.2) is 4.79 Å². The Bertz CT molecular complexity index is 668. The summed E-state index contributed by atoms with van der Waals surface area (Å²) in [7, 11) is 0. The number of hydrogen-bond acceptors (Lipinski definition) is 5. The third-order valence-electron chi connectivity index (χ3n) is 3.99. The Morgan fingerprint density at radius 1 is 1.24 bits per heavy atom. The monoisotopic (exact) mass is 348 g/mol. The predicted octanol–water partition coefficient (Wildman–Crippen LogP) is 2.20. The van der Waals surface area contributed by atoms with Crippen LogP contribution in [-0.4, -0.2) is 54.8 Å². The zero-order chi connectivity index (χ0) is 18.0. The van der Waals surface area contributed by atoms with Crippen molar-refractivity contribution in [2.24, 2.45) is 0 Å². The van der Waals surface area contributed by atoms with E-state index in [0.29, 0.717) is 49.8 Å². The Labute approximate surface area is 147 Å². The Hall–Kier alpha value is -2.44. The van der Waals surface area contributed by atoms with Crippen molar-refractivity contribution in [1.29, 1.82) is 0 Å². The molecule has 2 heterocycles. The zero-order valence-corrected chi connectivity index (χ0v) is 14.8. The van der Waals surface area contributed by atoms with Crippen LogP contribution in [-0.2, 0) is 4.74 Å². The van der Waals surface area contributed by atoms with Gasteiger partial charge in [0.15, 0.2) is 11.5 Å². The summed E-state index contributed by atoms with van der Waals surface area (Å²) in [6.07, 6.45) is 0.234. The van der Waals surface area contributed by atoms with Gasteiger partial charge in [-0.2, -0.15) is 0 Å². The van der Waals surface area contributed by atoms with Gasteiger partial charge in [0.25, 0.3) is 5.91 Å². The molecular formula is C18H24N2O5. The van der Waals surface area contributed by atoms with Gasteiger partial charge in [-0.1, -0.05) is 6.07 Å². The van der Waals surface area contributed by atoms with E-state index >= 15 is 0 Å². The smallest absolute Gasteiger partial charge is 0.407 e. The normalized spacial score (nSPS) is 19.5. The number of nitrogens with one attached hydrogen (secondary N) is 1. The van der Waals surface area contributed by atoms with Gasteiger partial charge < -0.3 is 24.4 Å². The molecule has 0 aromatic heterocycles. The van der Waals surface area contributed by atoms with Crippen LogP contribution in [0.25, 0.3) is 0 Å². The van der Waals surface area contributed by atoms with Gasteiger partial charge in [0.2, 0.25) is 0 Å². The highest BCUT2D eigenvalue weighted by Gasteiger charge is 2.31. The van der Waals surface area contributed by atoms with Crippen LogP contribution in [0.5, 0.6) is 11.5 Å². The highest BCUT2D eigenvalue weighted by atomic mass is 16.6. The first-order valence-corrected chi connectivity index (χ1v) is 8.51. The lowest BCUT2D eigenvalue weighted by Crippen LogP contribution is -2.41. The molecule has 1 aromatic rings. The van der Waals surface area contributed by atoms with Crippen molar-refractivity contribution in [3.8, 4) is 11.5 Å². The molecule has 7 heteroatoms. The van der Waals surface area contributed by atoms with Crippen LogP contribution in [0.15, 0.2) is 18.2 Å². The quantitative estimate of drug-likeness (QED) is 0.887. The maximum absolute atomic E-state index is 12.8. The molecule has 7 nitrogen and oxygen atoms in total. The van der Waals surface area contributed by atoms with E-state index in [1.165, 1.54) is 0 Å². The van der Waals surface area contributed by atoms with Crippen molar-refractivity contribution < 1.29 is 23.8 Å². The number of carbonyl (C=O) groups excluding carboxylic acids is 2. The van der Waals surface area contributed by atoms with Gasteiger partial charge >= 0.3 is 6.09 Å². The van der Waals surface area contributed by atoms with Crippen molar-refractivity contribution in [3.63, 3.8) is 0 Å².